The molecule has 0 aliphatic carbocycles. The monoisotopic (exact) mass is 406 g/mol. The molecular formula is C24H26N2O4. The second-order valence-electron chi connectivity index (χ2n) is 7.49. The largest absolute Gasteiger partial charge is 0.494 e. The van der Waals surface area contributed by atoms with Crippen LogP contribution in [-0.2, 0) is 14.3 Å². The van der Waals surface area contributed by atoms with E-state index < -0.39 is 0 Å². The SMILES string of the molecule is CCOc1ccc(N2C(=O)C(c3ccc(C)c(C)c3)=C(N3CCOCC3)C2=O)cc1. The van der Waals surface area contributed by atoms with E-state index in [4.69, 9.17) is 9.47 Å². The third-order valence-corrected chi connectivity index (χ3v) is 5.59. The lowest BCUT2D eigenvalue weighted by molar-refractivity contribution is -0.121. The number of ether oxygens (including phenoxy) is 2. The van der Waals surface area contributed by atoms with Gasteiger partial charge in [0.2, 0.25) is 0 Å². The summed E-state index contributed by atoms with van der Waals surface area (Å²) in [6.07, 6.45) is 0. The highest BCUT2D eigenvalue weighted by atomic mass is 16.5. The number of morpholine rings is 1. The molecule has 2 aliphatic rings. The molecule has 30 heavy (non-hydrogen) atoms. The number of aryl methyl sites for hydroxylation is 2. The van der Waals surface area contributed by atoms with Gasteiger partial charge >= 0.3 is 0 Å². The zero-order valence-electron chi connectivity index (χ0n) is 17.6. The molecule has 2 aromatic rings. The van der Waals surface area contributed by atoms with Gasteiger partial charge in [0.15, 0.2) is 0 Å². The van der Waals surface area contributed by atoms with Crippen molar-refractivity contribution in [3.05, 3.63) is 64.9 Å². The molecule has 0 spiro atoms. The Balaban J connectivity index is 1.78. The maximum absolute atomic E-state index is 13.5. The normalized spacial score (nSPS) is 17.2. The molecule has 0 aromatic heterocycles. The van der Waals surface area contributed by atoms with E-state index in [1.807, 2.05) is 43.9 Å². The first-order valence-electron chi connectivity index (χ1n) is 10.3. The molecule has 0 bridgehead atoms. The van der Waals surface area contributed by atoms with Gasteiger partial charge in [0, 0.05) is 13.1 Å². The molecule has 156 valence electrons. The van der Waals surface area contributed by atoms with Crippen LogP contribution in [0.2, 0.25) is 0 Å². The standard InChI is InChI=1S/C24H26N2O4/c1-4-30-20-9-7-19(8-10-20)26-23(27)21(18-6-5-16(2)17(3)15-18)22(24(26)28)25-11-13-29-14-12-25/h5-10,15H,4,11-14H2,1-3H3. The summed E-state index contributed by atoms with van der Waals surface area (Å²) in [5, 5.41) is 0. The van der Waals surface area contributed by atoms with Gasteiger partial charge < -0.3 is 14.4 Å². The van der Waals surface area contributed by atoms with E-state index in [0.717, 1.165) is 16.7 Å². The number of nitrogens with zero attached hydrogens (tertiary/aromatic N) is 2. The van der Waals surface area contributed by atoms with Gasteiger partial charge in [-0.3, -0.25) is 9.59 Å². The third-order valence-electron chi connectivity index (χ3n) is 5.59. The summed E-state index contributed by atoms with van der Waals surface area (Å²) in [4.78, 5) is 30.3. The highest BCUT2D eigenvalue weighted by Gasteiger charge is 2.42. The van der Waals surface area contributed by atoms with Crippen LogP contribution < -0.4 is 9.64 Å². The minimum Gasteiger partial charge on any atom is -0.494 e. The van der Waals surface area contributed by atoms with Gasteiger partial charge in [0.25, 0.3) is 11.8 Å². The molecule has 4 rings (SSSR count). The van der Waals surface area contributed by atoms with Crippen molar-refractivity contribution in [2.75, 3.05) is 37.8 Å². The van der Waals surface area contributed by atoms with Crippen LogP contribution in [0.15, 0.2) is 48.2 Å². The predicted octanol–water partition coefficient (Wildman–Crippen LogP) is 3.32. The molecule has 0 N–H and O–H groups in total. The van der Waals surface area contributed by atoms with E-state index in [-0.39, 0.29) is 11.8 Å². The minimum atomic E-state index is -0.297. The van der Waals surface area contributed by atoms with Gasteiger partial charge in [-0.15, -0.1) is 0 Å². The molecule has 2 amide bonds. The van der Waals surface area contributed by atoms with Gasteiger partial charge in [-0.1, -0.05) is 18.2 Å². The fraction of sp³-hybridized carbons (Fsp3) is 0.333. The molecule has 2 aromatic carbocycles. The second-order valence-corrected chi connectivity index (χ2v) is 7.49. The van der Waals surface area contributed by atoms with Crippen molar-refractivity contribution in [2.24, 2.45) is 0 Å². The lowest BCUT2D eigenvalue weighted by Gasteiger charge is -2.29. The fourth-order valence-electron chi connectivity index (χ4n) is 3.85. The van der Waals surface area contributed by atoms with Crippen molar-refractivity contribution in [1.82, 2.24) is 4.90 Å². The number of hydrogen-bond acceptors (Lipinski definition) is 5. The summed E-state index contributed by atoms with van der Waals surface area (Å²) in [5.41, 5.74) is 4.46. The maximum Gasteiger partial charge on any atom is 0.282 e. The summed E-state index contributed by atoms with van der Waals surface area (Å²) < 4.78 is 10.9. The molecule has 0 unspecified atom stereocenters. The Morgan fingerprint density at radius 3 is 2.27 bits per heavy atom. The van der Waals surface area contributed by atoms with Crippen molar-refractivity contribution >= 4 is 23.1 Å². The smallest absolute Gasteiger partial charge is 0.282 e. The fourth-order valence-corrected chi connectivity index (χ4v) is 3.85. The van der Waals surface area contributed by atoms with E-state index >= 15 is 0 Å². The molecule has 1 fully saturated rings. The lowest BCUT2D eigenvalue weighted by Crippen LogP contribution is -2.40. The number of hydrogen-bond donors (Lipinski definition) is 0. The van der Waals surface area contributed by atoms with Crippen molar-refractivity contribution in [2.45, 2.75) is 20.8 Å². The van der Waals surface area contributed by atoms with Gasteiger partial charge in [0.05, 0.1) is 31.1 Å². The highest BCUT2D eigenvalue weighted by Crippen LogP contribution is 2.36. The van der Waals surface area contributed by atoms with Gasteiger partial charge in [0.1, 0.15) is 11.4 Å². The molecule has 0 saturated carbocycles. The van der Waals surface area contributed by atoms with E-state index in [1.54, 1.807) is 24.3 Å². The van der Waals surface area contributed by atoms with Crippen LogP contribution in [0.3, 0.4) is 0 Å². The number of anilines is 1. The van der Waals surface area contributed by atoms with Crippen molar-refractivity contribution in [3.8, 4) is 5.75 Å². The first-order valence-corrected chi connectivity index (χ1v) is 10.3. The van der Waals surface area contributed by atoms with Crippen molar-refractivity contribution in [3.63, 3.8) is 0 Å². The van der Waals surface area contributed by atoms with Gasteiger partial charge in [-0.25, -0.2) is 4.90 Å². The Labute approximate surface area is 176 Å². The zero-order valence-corrected chi connectivity index (χ0v) is 17.6. The van der Waals surface area contributed by atoms with Gasteiger partial charge in [-0.2, -0.15) is 0 Å². The molecule has 0 radical (unpaired) electrons. The number of carbonyl (C=O) groups excluding carboxylic acids is 2. The molecule has 2 aliphatic heterocycles. The first-order chi connectivity index (χ1) is 14.5. The number of rotatable bonds is 5. The Bertz CT molecular complexity index is 1000. The second kappa shape index (κ2) is 8.32. The summed E-state index contributed by atoms with van der Waals surface area (Å²) in [6, 6.07) is 13.0. The number of amides is 2. The molecule has 6 heteroatoms. The molecule has 6 nitrogen and oxygen atoms in total. The molecular weight excluding hydrogens is 380 g/mol. The molecule has 0 atom stereocenters. The Hall–Kier alpha value is -3.12. The highest BCUT2D eigenvalue weighted by molar-refractivity contribution is 6.45. The molecule has 2 heterocycles. The average Bonchev–Trinajstić information content (AvgIpc) is 3.02. The van der Waals surface area contributed by atoms with Crippen LogP contribution in [0.1, 0.15) is 23.6 Å². The molecule has 1 saturated heterocycles. The van der Waals surface area contributed by atoms with E-state index in [9.17, 15) is 9.59 Å². The van der Waals surface area contributed by atoms with Crippen molar-refractivity contribution < 1.29 is 19.1 Å². The zero-order chi connectivity index (χ0) is 21.3. The summed E-state index contributed by atoms with van der Waals surface area (Å²) in [5.74, 6) is 0.115. The van der Waals surface area contributed by atoms with Gasteiger partial charge in [-0.05, 0) is 61.7 Å². The van der Waals surface area contributed by atoms with Crippen LogP contribution in [0.5, 0.6) is 5.75 Å². The van der Waals surface area contributed by atoms with E-state index in [2.05, 4.69) is 0 Å². The topological polar surface area (TPSA) is 59.1 Å². The first kappa shape index (κ1) is 20.2. The maximum atomic E-state index is 13.5. The average molecular weight is 406 g/mol. The van der Waals surface area contributed by atoms with E-state index in [0.29, 0.717) is 55.6 Å². The summed E-state index contributed by atoms with van der Waals surface area (Å²) in [6.45, 7) is 8.75. The predicted molar refractivity (Wildman–Crippen MR) is 115 cm³/mol. The Morgan fingerprint density at radius 1 is 0.933 bits per heavy atom. The number of benzene rings is 2. The van der Waals surface area contributed by atoms with Crippen LogP contribution in [0.4, 0.5) is 5.69 Å². The van der Waals surface area contributed by atoms with E-state index in [1.165, 1.54) is 4.90 Å². The van der Waals surface area contributed by atoms with Crippen LogP contribution in [0, 0.1) is 13.8 Å². The quantitative estimate of drug-likeness (QED) is 0.713. The Morgan fingerprint density at radius 2 is 1.63 bits per heavy atom. The van der Waals surface area contributed by atoms with Crippen LogP contribution in [0.25, 0.3) is 5.57 Å². The summed E-state index contributed by atoms with van der Waals surface area (Å²) >= 11 is 0. The lowest BCUT2D eigenvalue weighted by atomic mass is 9.99. The van der Waals surface area contributed by atoms with Crippen LogP contribution in [-0.4, -0.2) is 49.6 Å². The summed E-state index contributed by atoms with van der Waals surface area (Å²) in [7, 11) is 0. The third kappa shape index (κ3) is 3.59. The van der Waals surface area contributed by atoms with Crippen LogP contribution >= 0.6 is 0 Å². The van der Waals surface area contributed by atoms with Crippen molar-refractivity contribution in [1.29, 1.82) is 0 Å². The number of carbonyl (C=O) groups is 2. The Kier molecular flexibility index (Phi) is 5.59. The number of imide groups is 1. The minimum absolute atomic E-state index is 0.292.